The van der Waals surface area contributed by atoms with E-state index in [0.29, 0.717) is 0 Å². The molecule has 0 bridgehead atoms. The van der Waals surface area contributed by atoms with E-state index >= 15 is 0 Å². The molecular formula is C16H27IO4. The molecule has 2 saturated heterocycles. The summed E-state index contributed by atoms with van der Waals surface area (Å²) in [5, 5.41) is 18.5. The Morgan fingerprint density at radius 2 is 2.19 bits per heavy atom. The van der Waals surface area contributed by atoms with Crippen LogP contribution in [0.2, 0.25) is 0 Å². The predicted octanol–water partition coefficient (Wildman–Crippen LogP) is 3.37. The minimum absolute atomic E-state index is 0.0744. The monoisotopic (exact) mass is 410 g/mol. The van der Waals surface area contributed by atoms with E-state index in [4.69, 9.17) is 14.6 Å². The molecule has 2 fully saturated rings. The number of aliphatic hydroxyl groups excluding tert-OH is 2. The molecule has 2 aliphatic rings. The molecule has 5 heteroatoms. The average Bonchev–Trinajstić information content (AvgIpc) is 2.83. The van der Waals surface area contributed by atoms with Crippen molar-refractivity contribution in [2.75, 3.05) is 11.0 Å². The molecule has 4 nitrogen and oxygen atoms in total. The van der Waals surface area contributed by atoms with Crippen LogP contribution >= 0.6 is 22.6 Å². The van der Waals surface area contributed by atoms with Gasteiger partial charge in [-0.3, -0.25) is 0 Å². The van der Waals surface area contributed by atoms with E-state index in [0.717, 1.165) is 43.0 Å². The van der Waals surface area contributed by atoms with Gasteiger partial charge in [-0.1, -0.05) is 36.1 Å². The van der Waals surface area contributed by atoms with Gasteiger partial charge in [0.05, 0.1) is 24.1 Å². The summed E-state index contributed by atoms with van der Waals surface area (Å²) in [5.74, 6) is 0.318. The zero-order valence-electron chi connectivity index (χ0n) is 12.8. The molecule has 0 radical (unpaired) electrons. The first-order chi connectivity index (χ1) is 10.0. The van der Waals surface area contributed by atoms with Gasteiger partial charge in [-0.05, 0) is 32.1 Å². The first-order valence-corrected chi connectivity index (χ1v) is 9.41. The van der Waals surface area contributed by atoms with Crippen LogP contribution in [0.4, 0.5) is 0 Å². The average molecular weight is 410 g/mol. The van der Waals surface area contributed by atoms with Gasteiger partial charge < -0.3 is 19.7 Å². The van der Waals surface area contributed by atoms with Crippen molar-refractivity contribution in [2.45, 2.75) is 69.4 Å². The Morgan fingerprint density at radius 1 is 1.43 bits per heavy atom. The fraction of sp³-hybridized carbons (Fsp3) is 0.875. The minimum atomic E-state index is -0.180. The molecular weight excluding hydrogens is 383 g/mol. The van der Waals surface area contributed by atoms with Crippen molar-refractivity contribution < 1.29 is 19.7 Å². The van der Waals surface area contributed by atoms with Gasteiger partial charge in [0.25, 0.3) is 0 Å². The van der Waals surface area contributed by atoms with Crippen molar-refractivity contribution in [1.82, 2.24) is 0 Å². The van der Waals surface area contributed by atoms with E-state index in [-0.39, 0.29) is 42.2 Å². The summed E-state index contributed by atoms with van der Waals surface area (Å²) >= 11 is 2.40. The highest BCUT2D eigenvalue weighted by Crippen LogP contribution is 2.45. The third-order valence-electron chi connectivity index (χ3n) is 4.76. The largest absolute Gasteiger partial charge is 0.513 e. The lowest BCUT2D eigenvalue weighted by atomic mass is 9.86. The number of fused-ring (bicyclic) bond motifs is 1. The van der Waals surface area contributed by atoms with Crippen LogP contribution in [0, 0.1) is 5.92 Å². The number of hydrogen-bond acceptors (Lipinski definition) is 4. The SMILES string of the molecule is C=C(O)[C@H](C)C[C@H]1CC[C@@H]2OC(CCCO)CC2(CI)O1. The summed E-state index contributed by atoms with van der Waals surface area (Å²) in [5.41, 5.74) is -0.180. The first kappa shape index (κ1) is 17.5. The summed E-state index contributed by atoms with van der Waals surface area (Å²) in [6.45, 7) is 5.83. The van der Waals surface area contributed by atoms with Crippen LogP contribution in [0.5, 0.6) is 0 Å². The van der Waals surface area contributed by atoms with E-state index in [9.17, 15) is 5.11 Å². The van der Waals surface area contributed by atoms with Crippen LogP contribution in [0.25, 0.3) is 0 Å². The second-order valence-electron chi connectivity index (χ2n) is 6.46. The Labute approximate surface area is 141 Å². The predicted molar refractivity (Wildman–Crippen MR) is 90.9 cm³/mol. The second kappa shape index (κ2) is 7.62. The van der Waals surface area contributed by atoms with Crippen LogP contribution < -0.4 is 0 Å². The molecule has 0 spiro atoms. The summed E-state index contributed by atoms with van der Waals surface area (Å²) in [4.78, 5) is 0. The molecule has 0 aromatic rings. The molecule has 122 valence electrons. The van der Waals surface area contributed by atoms with Crippen molar-refractivity contribution in [1.29, 1.82) is 0 Å². The summed E-state index contributed by atoms with van der Waals surface area (Å²) in [7, 11) is 0. The van der Waals surface area contributed by atoms with E-state index in [1.54, 1.807) is 0 Å². The topological polar surface area (TPSA) is 58.9 Å². The summed E-state index contributed by atoms with van der Waals surface area (Å²) in [6.07, 6.45) is 6.01. The van der Waals surface area contributed by atoms with Gasteiger partial charge in [0.2, 0.25) is 0 Å². The van der Waals surface area contributed by atoms with Crippen molar-refractivity contribution in [2.24, 2.45) is 5.92 Å². The second-order valence-corrected chi connectivity index (χ2v) is 7.22. The summed E-state index contributed by atoms with van der Waals surface area (Å²) in [6, 6.07) is 0. The maximum atomic E-state index is 9.50. The highest BCUT2D eigenvalue weighted by molar-refractivity contribution is 14.1. The molecule has 21 heavy (non-hydrogen) atoms. The van der Waals surface area contributed by atoms with Crippen LogP contribution in [0.3, 0.4) is 0 Å². The molecule has 0 amide bonds. The number of alkyl halides is 1. The summed E-state index contributed by atoms with van der Waals surface area (Å²) < 4.78 is 13.5. The number of ether oxygens (including phenoxy) is 2. The number of rotatable bonds is 7. The Hall–Kier alpha value is 0.150. The van der Waals surface area contributed by atoms with Gasteiger partial charge in [-0.25, -0.2) is 0 Å². The molecule has 2 unspecified atom stereocenters. The molecule has 2 rings (SSSR count). The molecule has 2 heterocycles. The van der Waals surface area contributed by atoms with Crippen molar-refractivity contribution in [3.63, 3.8) is 0 Å². The van der Waals surface area contributed by atoms with Crippen molar-refractivity contribution in [3.05, 3.63) is 12.3 Å². The van der Waals surface area contributed by atoms with Crippen LogP contribution in [0.1, 0.15) is 45.4 Å². The molecule has 0 aromatic heterocycles. The zero-order chi connectivity index (χ0) is 15.5. The third-order valence-corrected chi connectivity index (χ3v) is 6.06. The number of halogens is 1. The molecule has 0 aliphatic carbocycles. The van der Waals surface area contributed by atoms with Crippen LogP contribution in [-0.2, 0) is 9.47 Å². The first-order valence-electron chi connectivity index (χ1n) is 7.88. The minimum Gasteiger partial charge on any atom is -0.513 e. The number of allylic oxidation sites excluding steroid dienone is 1. The lowest BCUT2D eigenvalue weighted by molar-refractivity contribution is -0.156. The number of aliphatic hydroxyl groups is 2. The Morgan fingerprint density at radius 3 is 2.81 bits per heavy atom. The van der Waals surface area contributed by atoms with E-state index in [1.165, 1.54) is 0 Å². The van der Waals surface area contributed by atoms with E-state index in [2.05, 4.69) is 29.2 Å². The Balaban J connectivity index is 1.96. The van der Waals surface area contributed by atoms with Crippen LogP contribution in [-0.4, -0.2) is 45.2 Å². The zero-order valence-corrected chi connectivity index (χ0v) is 14.9. The number of hydrogen-bond donors (Lipinski definition) is 2. The van der Waals surface area contributed by atoms with Gasteiger partial charge in [0, 0.05) is 23.4 Å². The Bertz CT molecular complexity index is 362. The Kier molecular flexibility index (Phi) is 6.35. The highest BCUT2D eigenvalue weighted by atomic mass is 127. The maximum Gasteiger partial charge on any atom is 0.106 e. The third kappa shape index (κ3) is 4.12. The molecule has 0 aromatic carbocycles. The van der Waals surface area contributed by atoms with Gasteiger partial charge in [0.15, 0.2) is 0 Å². The fourth-order valence-electron chi connectivity index (χ4n) is 3.46. The normalized spacial score (nSPS) is 37.2. The highest BCUT2D eigenvalue weighted by Gasteiger charge is 2.52. The molecule has 2 aliphatic heterocycles. The van der Waals surface area contributed by atoms with E-state index < -0.39 is 0 Å². The molecule has 2 N–H and O–H groups in total. The van der Waals surface area contributed by atoms with Gasteiger partial charge in [-0.15, -0.1) is 0 Å². The van der Waals surface area contributed by atoms with Gasteiger partial charge >= 0.3 is 0 Å². The fourth-order valence-corrected chi connectivity index (χ4v) is 4.44. The quantitative estimate of drug-likeness (QED) is 0.384. The lowest BCUT2D eigenvalue weighted by Crippen LogP contribution is -2.50. The van der Waals surface area contributed by atoms with Gasteiger partial charge in [0.1, 0.15) is 5.60 Å². The van der Waals surface area contributed by atoms with Gasteiger partial charge in [-0.2, -0.15) is 0 Å². The maximum absolute atomic E-state index is 9.50. The molecule has 0 saturated carbocycles. The van der Waals surface area contributed by atoms with Crippen LogP contribution in [0.15, 0.2) is 12.3 Å². The smallest absolute Gasteiger partial charge is 0.106 e. The molecule has 5 atom stereocenters. The van der Waals surface area contributed by atoms with Crippen molar-refractivity contribution >= 4 is 22.6 Å². The van der Waals surface area contributed by atoms with Crippen molar-refractivity contribution in [3.8, 4) is 0 Å². The lowest BCUT2D eigenvalue weighted by Gasteiger charge is -2.41. The standard InChI is InChI=1S/C16H27IO4/c1-11(12(2)19)8-13-5-6-15-16(10-17,21-13)9-14(20-15)4-3-7-18/h11,13-15,18-19H,2-10H2,1H3/t11-,13-,14?,15+,16?/m1/s1. The van der Waals surface area contributed by atoms with E-state index in [1.807, 2.05) is 6.92 Å².